The number of carbonyl (C=O) groups excluding carboxylic acids is 1. The zero-order valence-corrected chi connectivity index (χ0v) is 19.9. The third kappa shape index (κ3) is 5.11. The highest BCUT2D eigenvalue weighted by atomic mass is 16.4. The minimum absolute atomic E-state index is 0.300. The highest BCUT2D eigenvalue weighted by Gasteiger charge is 2.44. The predicted molar refractivity (Wildman–Crippen MR) is 134 cm³/mol. The fraction of sp³-hybridized carbons (Fsp3) is 0.519. The molecule has 0 amide bonds. The summed E-state index contributed by atoms with van der Waals surface area (Å²) in [5.74, 6) is 0.941. The van der Waals surface area contributed by atoms with Gasteiger partial charge in [-0.05, 0) is 43.9 Å². The lowest BCUT2D eigenvalue weighted by Crippen LogP contribution is -2.57. The summed E-state index contributed by atoms with van der Waals surface area (Å²) in [6, 6.07) is 11.8. The van der Waals surface area contributed by atoms with Gasteiger partial charge < -0.3 is 20.4 Å². The van der Waals surface area contributed by atoms with E-state index in [0.717, 1.165) is 49.2 Å². The largest absolute Gasteiger partial charge is 0.388 e. The van der Waals surface area contributed by atoms with Gasteiger partial charge in [-0.2, -0.15) is 0 Å². The van der Waals surface area contributed by atoms with Crippen molar-refractivity contribution in [1.29, 1.82) is 5.41 Å². The van der Waals surface area contributed by atoms with Gasteiger partial charge in [0.15, 0.2) is 6.29 Å². The van der Waals surface area contributed by atoms with Gasteiger partial charge in [0.25, 0.3) is 0 Å². The first-order chi connectivity index (χ1) is 16.1. The molecule has 1 spiro atoms. The number of aldehydes is 1. The molecule has 0 atom stereocenters. The van der Waals surface area contributed by atoms with E-state index in [2.05, 4.69) is 19.9 Å². The van der Waals surface area contributed by atoms with Crippen LogP contribution in [0.4, 0.5) is 17.2 Å². The zero-order valence-electron chi connectivity index (χ0n) is 19.9. The van der Waals surface area contributed by atoms with E-state index >= 15 is 0 Å². The number of anilines is 3. The van der Waals surface area contributed by atoms with Crippen LogP contribution in [0, 0.1) is 16.7 Å². The van der Waals surface area contributed by atoms with E-state index in [-0.39, 0.29) is 0 Å². The molecule has 1 aliphatic heterocycles. The molecule has 176 valence electrons. The number of para-hydroxylation sites is 1. The molecule has 3 aliphatic rings. The molecule has 6 nitrogen and oxygen atoms in total. The molecule has 33 heavy (non-hydrogen) atoms. The molecule has 1 saturated heterocycles. The van der Waals surface area contributed by atoms with Crippen LogP contribution in [0.2, 0.25) is 0 Å². The topological polar surface area (TPSA) is 78.3 Å². The van der Waals surface area contributed by atoms with Crippen LogP contribution in [0.15, 0.2) is 36.4 Å². The Balaban J connectivity index is 0.000000821. The van der Waals surface area contributed by atoms with Crippen molar-refractivity contribution in [3.05, 3.63) is 47.7 Å². The maximum Gasteiger partial charge on any atom is 0.168 e. The summed E-state index contributed by atoms with van der Waals surface area (Å²) in [5, 5.41) is 12.4. The summed E-state index contributed by atoms with van der Waals surface area (Å²) in [5.41, 5.74) is 4.36. The van der Waals surface area contributed by atoms with E-state index in [1.807, 2.05) is 36.4 Å². The van der Waals surface area contributed by atoms with Crippen LogP contribution in [0.5, 0.6) is 0 Å². The van der Waals surface area contributed by atoms with E-state index in [1.54, 1.807) is 14.2 Å². The quantitative estimate of drug-likeness (QED) is 0.429. The van der Waals surface area contributed by atoms with Gasteiger partial charge in [0, 0.05) is 50.0 Å². The number of ether oxygens (including phenoxy) is 1. The van der Waals surface area contributed by atoms with Crippen LogP contribution >= 0.6 is 0 Å². The minimum Gasteiger partial charge on any atom is -0.388 e. The van der Waals surface area contributed by atoms with Crippen molar-refractivity contribution in [2.24, 2.45) is 11.3 Å². The van der Waals surface area contributed by atoms with Crippen molar-refractivity contribution < 1.29 is 9.53 Å². The molecule has 2 aliphatic carbocycles. The average molecular weight is 449 g/mol. The van der Waals surface area contributed by atoms with Crippen molar-refractivity contribution in [2.75, 3.05) is 37.5 Å². The molecule has 2 heterocycles. The zero-order chi connectivity index (χ0) is 23.3. The first-order valence-corrected chi connectivity index (χ1v) is 12.2. The number of carbonyl (C=O) groups is 1. The summed E-state index contributed by atoms with van der Waals surface area (Å²) in [7, 11) is 3.25. The lowest BCUT2D eigenvalue weighted by Gasteiger charge is -2.54. The second-order valence-electron chi connectivity index (χ2n) is 9.77. The molecule has 1 aromatic carbocycles. The Hall–Kier alpha value is -2.73. The Labute approximate surface area is 197 Å². The monoisotopic (exact) mass is 448 g/mol. The van der Waals surface area contributed by atoms with Crippen LogP contribution in [-0.2, 0) is 4.74 Å². The van der Waals surface area contributed by atoms with Gasteiger partial charge in [-0.15, -0.1) is 0 Å². The number of methoxy groups -OCH3 is 1. The van der Waals surface area contributed by atoms with Crippen molar-refractivity contribution >= 4 is 29.2 Å². The molecule has 0 radical (unpaired) electrons. The number of hydrogen-bond acceptors (Lipinski definition) is 6. The van der Waals surface area contributed by atoms with Crippen LogP contribution in [0.25, 0.3) is 0 Å². The first-order valence-electron chi connectivity index (χ1n) is 12.2. The fourth-order valence-electron chi connectivity index (χ4n) is 5.33. The third-order valence-electron chi connectivity index (χ3n) is 7.27. The molecular weight excluding hydrogens is 412 g/mol. The van der Waals surface area contributed by atoms with E-state index in [1.165, 1.54) is 38.5 Å². The van der Waals surface area contributed by atoms with Crippen LogP contribution in [0.1, 0.15) is 67.4 Å². The van der Waals surface area contributed by atoms with Gasteiger partial charge in [0.05, 0.1) is 11.3 Å². The van der Waals surface area contributed by atoms with Crippen molar-refractivity contribution in [3.63, 3.8) is 0 Å². The van der Waals surface area contributed by atoms with Gasteiger partial charge in [-0.1, -0.05) is 43.9 Å². The maximum atomic E-state index is 11.7. The number of pyridine rings is 1. The number of benzene rings is 1. The van der Waals surface area contributed by atoms with E-state index in [4.69, 9.17) is 5.41 Å². The first kappa shape index (κ1) is 23.4. The van der Waals surface area contributed by atoms with Gasteiger partial charge in [-0.3, -0.25) is 4.79 Å². The maximum absolute atomic E-state index is 11.7. The molecule has 2 saturated carbocycles. The molecule has 2 aromatic rings. The van der Waals surface area contributed by atoms with Crippen LogP contribution in [-0.4, -0.2) is 44.3 Å². The SMILES string of the molecule is COC.N=C(c1c(N2CC3(CCCCC3)C2)cc(C=O)nc1Nc1ccccc1)C1CCC1. The van der Waals surface area contributed by atoms with E-state index in [0.29, 0.717) is 28.6 Å². The Kier molecular flexibility index (Phi) is 7.43. The summed E-state index contributed by atoms with van der Waals surface area (Å²) in [6.45, 7) is 2.07. The number of rotatable bonds is 6. The lowest BCUT2D eigenvalue weighted by molar-refractivity contribution is 0.111. The van der Waals surface area contributed by atoms with Crippen molar-refractivity contribution in [3.8, 4) is 0 Å². The Bertz CT molecular complexity index is 958. The van der Waals surface area contributed by atoms with Gasteiger partial charge >= 0.3 is 0 Å². The second kappa shape index (κ2) is 10.5. The second-order valence-corrected chi connectivity index (χ2v) is 9.77. The van der Waals surface area contributed by atoms with E-state index in [9.17, 15) is 4.79 Å². The molecule has 1 aromatic heterocycles. The predicted octanol–water partition coefficient (Wildman–Crippen LogP) is 5.84. The number of nitrogens with zero attached hydrogens (tertiary/aromatic N) is 2. The normalized spacial score (nSPS) is 19.0. The molecule has 2 N–H and O–H groups in total. The van der Waals surface area contributed by atoms with Gasteiger partial charge in [0.2, 0.25) is 0 Å². The molecule has 5 rings (SSSR count). The third-order valence-corrected chi connectivity index (χ3v) is 7.27. The summed E-state index contributed by atoms with van der Waals surface area (Å²) in [6.07, 6.45) is 10.8. The summed E-state index contributed by atoms with van der Waals surface area (Å²) in [4.78, 5) is 18.7. The fourth-order valence-corrected chi connectivity index (χ4v) is 5.33. The number of hydrogen-bond donors (Lipinski definition) is 2. The Morgan fingerprint density at radius 2 is 1.79 bits per heavy atom. The minimum atomic E-state index is 0.300. The smallest absolute Gasteiger partial charge is 0.168 e. The molecule has 0 bridgehead atoms. The van der Waals surface area contributed by atoms with E-state index < -0.39 is 0 Å². The van der Waals surface area contributed by atoms with Crippen molar-refractivity contribution in [1.82, 2.24) is 4.98 Å². The van der Waals surface area contributed by atoms with Crippen LogP contribution in [0.3, 0.4) is 0 Å². The Morgan fingerprint density at radius 1 is 1.12 bits per heavy atom. The molecule has 3 fully saturated rings. The summed E-state index contributed by atoms with van der Waals surface area (Å²) < 4.78 is 4.25. The lowest BCUT2D eigenvalue weighted by atomic mass is 9.68. The molecule has 6 heteroatoms. The Morgan fingerprint density at radius 3 is 2.36 bits per heavy atom. The average Bonchev–Trinajstić information content (AvgIpc) is 2.77. The number of aromatic nitrogens is 1. The highest BCUT2D eigenvalue weighted by Crippen LogP contribution is 2.47. The van der Waals surface area contributed by atoms with Gasteiger partial charge in [-0.25, -0.2) is 4.98 Å². The molecule has 0 unspecified atom stereocenters. The highest BCUT2D eigenvalue weighted by molar-refractivity contribution is 6.10. The van der Waals surface area contributed by atoms with Gasteiger partial charge in [0.1, 0.15) is 11.5 Å². The molecular formula is C27H36N4O2. The van der Waals surface area contributed by atoms with Crippen LogP contribution < -0.4 is 10.2 Å². The summed E-state index contributed by atoms with van der Waals surface area (Å²) >= 11 is 0. The standard InChI is InChI=1S/C25H30N4O.C2H6O/c26-23(18-8-7-9-18)22-21(29-16-25(17-29)12-5-2-6-13-25)14-20(15-30)28-24(22)27-19-10-3-1-4-11-19;1-3-2/h1,3-4,10-11,14-15,18,26H,2,5-9,12-13,16-17H2,(H,27,28);1-2H3. The number of nitrogens with one attached hydrogen (secondary N) is 2. The van der Waals surface area contributed by atoms with Crippen molar-refractivity contribution in [2.45, 2.75) is 51.4 Å².